The van der Waals surface area contributed by atoms with Crippen molar-refractivity contribution >= 4 is 17.5 Å². The van der Waals surface area contributed by atoms with Gasteiger partial charge in [-0.25, -0.2) is 0 Å². The van der Waals surface area contributed by atoms with Crippen molar-refractivity contribution in [3.05, 3.63) is 35.2 Å². The van der Waals surface area contributed by atoms with E-state index in [-0.39, 0.29) is 11.9 Å². The van der Waals surface area contributed by atoms with Gasteiger partial charge in [0.05, 0.1) is 0 Å². The van der Waals surface area contributed by atoms with Gasteiger partial charge in [-0.2, -0.15) is 4.98 Å². The number of nitrogens with one attached hydrogen (secondary N) is 1. The summed E-state index contributed by atoms with van der Waals surface area (Å²) in [7, 11) is 0. The molecule has 0 spiro atoms. The van der Waals surface area contributed by atoms with Gasteiger partial charge >= 0.3 is 0 Å². The molecule has 0 aliphatic heterocycles. The van der Waals surface area contributed by atoms with Crippen molar-refractivity contribution in [2.45, 2.75) is 31.7 Å². The highest BCUT2D eigenvalue weighted by molar-refractivity contribution is 6.30. The van der Waals surface area contributed by atoms with Crippen LogP contribution in [0.15, 0.2) is 28.8 Å². The third kappa shape index (κ3) is 4.30. The van der Waals surface area contributed by atoms with Gasteiger partial charge in [-0.1, -0.05) is 16.8 Å². The second kappa shape index (κ2) is 7.10. The second-order valence-electron chi connectivity index (χ2n) is 5.77. The largest absolute Gasteiger partial charge is 0.352 e. The van der Waals surface area contributed by atoms with Gasteiger partial charge in [0.25, 0.3) is 0 Å². The number of nitrogens with two attached hydrogens (primary N) is 1. The van der Waals surface area contributed by atoms with Crippen LogP contribution in [0.3, 0.4) is 0 Å². The monoisotopic (exact) mass is 334 g/mol. The lowest BCUT2D eigenvalue weighted by Gasteiger charge is -2.15. The number of carbonyl (C=O) groups is 1. The third-order valence-corrected chi connectivity index (χ3v) is 4.18. The van der Waals surface area contributed by atoms with E-state index in [2.05, 4.69) is 15.5 Å². The predicted molar refractivity (Wildman–Crippen MR) is 86.8 cm³/mol. The first-order valence-electron chi connectivity index (χ1n) is 7.73. The maximum absolute atomic E-state index is 12.0. The summed E-state index contributed by atoms with van der Waals surface area (Å²) in [6.45, 7) is 0.484. The Labute approximate surface area is 139 Å². The maximum atomic E-state index is 12.0. The summed E-state index contributed by atoms with van der Waals surface area (Å²) in [6.07, 6.45) is 3.02. The lowest BCUT2D eigenvalue weighted by molar-refractivity contribution is -0.121. The van der Waals surface area contributed by atoms with Crippen LogP contribution in [0.1, 0.15) is 25.2 Å². The van der Waals surface area contributed by atoms with Crippen LogP contribution in [0.4, 0.5) is 0 Å². The summed E-state index contributed by atoms with van der Waals surface area (Å²) in [5.41, 5.74) is 6.51. The van der Waals surface area contributed by atoms with Crippen LogP contribution in [0.5, 0.6) is 0 Å². The number of rotatable bonds is 7. The summed E-state index contributed by atoms with van der Waals surface area (Å²) >= 11 is 5.85. The molecule has 7 heteroatoms. The molecule has 0 radical (unpaired) electrons. The highest BCUT2D eigenvalue weighted by Gasteiger charge is 2.31. The topological polar surface area (TPSA) is 94.0 Å². The molecule has 1 amide bonds. The highest BCUT2D eigenvalue weighted by atomic mass is 35.5. The van der Waals surface area contributed by atoms with Gasteiger partial charge in [0, 0.05) is 36.0 Å². The molecule has 1 aromatic carbocycles. The lowest BCUT2D eigenvalue weighted by Crippen LogP contribution is -2.41. The minimum absolute atomic E-state index is 0.0291. The Hall–Kier alpha value is -1.92. The van der Waals surface area contributed by atoms with Gasteiger partial charge in [0.1, 0.15) is 0 Å². The fourth-order valence-corrected chi connectivity index (χ4v) is 2.57. The van der Waals surface area contributed by atoms with E-state index in [0.717, 1.165) is 18.4 Å². The number of halogens is 1. The van der Waals surface area contributed by atoms with Crippen LogP contribution >= 0.6 is 11.6 Å². The first-order chi connectivity index (χ1) is 11.2. The molecule has 0 saturated heterocycles. The van der Waals surface area contributed by atoms with Crippen LogP contribution in [-0.2, 0) is 11.2 Å². The van der Waals surface area contributed by atoms with Crippen molar-refractivity contribution in [2.75, 3.05) is 6.54 Å². The zero-order valence-corrected chi connectivity index (χ0v) is 13.4. The SMILES string of the molecule is NCC(NC(=O)CCc1nc(-c2ccc(Cl)cc2)no1)C1CC1. The number of nitrogens with zero attached hydrogens (tertiary/aromatic N) is 2. The molecule has 1 fully saturated rings. The van der Waals surface area contributed by atoms with Gasteiger partial charge in [0.2, 0.25) is 17.6 Å². The lowest BCUT2D eigenvalue weighted by atomic mass is 10.1. The molecule has 1 heterocycles. The van der Waals surface area contributed by atoms with Crippen molar-refractivity contribution < 1.29 is 9.32 Å². The average Bonchev–Trinajstić information content (AvgIpc) is 3.29. The zero-order chi connectivity index (χ0) is 16.2. The smallest absolute Gasteiger partial charge is 0.227 e. The van der Waals surface area contributed by atoms with Gasteiger partial charge in [-0.05, 0) is 43.0 Å². The number of benzene rings is 1. The van der Waals surface area contributed by atoms with E-state index in [4.69, 9.17) is 21.9 Å². The Morgan fingerprint density at radius 1 is 1.39 bits per heavy atom. The number of hydrogen-bond acceptors (Lipinski definition) is 5. The molecule has 3 N–H and O–H groups in total. The molecule has 6 nitrogen and oxygen atoms in total. The molecule has 1 aliphatic carbocycles. The van der Waals surface area contributed by atoms with Crippen molar-refractivity contribution in [3.8, 4) is 11.4 Å². The molecule has 1 saturated carbocycles. The van der Waals surface area contributed by atoms with Crippen molar-refractivity contribution in [1.29, 1.82) is 0 Å². The van der Waals surface area contributed by atoms with Gasteiger partial charge < -0.3 is 15.6 Å². The first-order valence-corrected chi connectivity index (χ1v) is 8.11. The van der Waals surface area contributed by atoms with E-state index in [1.54, 1.807) is 12.1 Å². The summed E-state index contributed by atoms with van der Waals surface area (Å²) in [6, 6.07) is 7.28. The third-order valence-electron chi connectivity index (χ3n) is 3.93. The molecular formula is C16H19ClN4O2. The standard InChI is InChI=1S/C16H19ClN4O2/c17-12-5-3-11(4-6-12)16-20-15(23-21-16)8-7-14(22)19-13(9-18)10-1-2-10/h3-6,10,13H,1-2,7-9,18H2,(H,19,22). The molecule has 122 valence electrons. The normalized spacial score (nSPS) is 15.4. The van der Waals surface area contributed by atoms with E-state index in [0.29, 0.717) is 42.0 Å². The molecule has 2 aromatic rings. The molecular weight excluding hydrogens is 316 g/mol. The summed E-state index contributed by atoms with van der Waals surface area (Å²) in [5, 5.41) is 7.56. The Kier molecular flexibility index (Phi) is 4.93. The molecule has 1 atom stereocenters. The van der Waals surface area contributed by atoms with Crippen LogP contribution in [0.2, 0.25) is 5.02 Å². The zero-order valence-electron chi connectivity index (χ0n) is 12.7. The number of carbonyl (C=O) groups excluding carboxylic acids is 1. The van der Waals surface area contributed by atoms with Crippen molar-refractivity contribution in [2.24, 2.45) is 11.7 Å². The molecule has 0 bridgehead atoms. The van der Waals surface area contributed by atoms with Gasteiger partial charge in [0.15, 0.2) is 0 Å². The van der Waals surface area contributed by atoms with Crippen LogP contribution in [-0.4, -0.2) is 28.6 Å². The molecule has 1 aromatic heterocycles. The minimum Gasteiger partial charge on any atom is -0.352 e. The average molecular weight is 335 g/mol. The first kappa shape index (κ1) is 16.0. The van der Waals surface area contributed by atoms with Crippen molar-refractivity contribution in [1.82, 2.24) is 15.5 Å². The van der Waals surface area contributed by atoms with Gasteiger partial charge in [-0.15, -0.1) is 0 Å². The molecule has 1 aliphatic rings. The van der Waals surface area contributed by atoms with E-state index >= 15 is 0 Å². The molecule has 3 rings (SSSR count). The maximum Gasteiger partial charge on any atom is 0.227 e. The van der Waals surface area contributed by atoms with E-state index in [9.17, 15) is 4.79 Å². The number of aromatic nitrogens is 2. The molecule has 1 unspecified atom stereocenters. The van der Waals surface area contributed by atoms with Gasteiger partial charge in [-0.3, -0.25) is 4.79 Å². The summed E-state index contributed by atoms with van der Waals surface area (Å²) in [4.78, 5) is 16.3. The fourth-order valence-electron chi connectivity index (χ4n) is 2.44. The van der Waals surface area contributed by atoms with Crippen molar-refractivity contribution in [3.63, 3.8) is 0 Å². The Morgan fingerprint density at radius 2 is 2.13 bits per heavy atom. The van der Waals surface area contributed by atoms with E-state index < -0.39 is 0 Å². The Bertz CT molecular complexity index is 667. The fraction of sp³-hybridized carbons (Fsp3) is 0.438. The number of hydrogen-bond donors (Lipinski definition) is 2. The molecule has 23 heavy (non-hydrogen) atoms. The number of aryl methyl sites for hydroxylation is 1. The number of amides is 1. The van der Waals surface area contributed by atoms with Crippen LogP contribution < -0.4 is 11.1 Å². The van der Waals surface area contributed by atoms with E-state index in [1.165, 1.54) is 0 Å². The Balaban J connectivity index is 1.52. The second-order valence-corrected chi connectivity index (χ2v) is 6.20. The van der Waals surface area contributed by atoms with E-state index in [1.807, 2.05) is 12.1 Å². The summed E-state index contributed by atoms with van der Waals surface area (Å²) < 4.78 is 5.19. The summed E-state index contributed by atoms with van der Waals surface area (Å²) in [5.74, 6) is 1.46. The van der Waals surface area contributed by atoms with Crippen LogP contribution in [0.25, 0.3) is 11.4 Å². The van der Waals surface area contributed by atoms with Crippen LogP contribution in [0, 0.1) is 5.92 Å². The Morgan fingerprint density at radius 3 is 2.78 bits per heavy atom. The minimum atomic E-state index is -0.0291. The quantitative estimate of drug-likeness (QED) is 0.809. The highest BCUT2D eigenvalue weighted by Crippen LogP contribution is 2.32. The predicted octanol–water partition coefficient (Wildman–Crippen LogP) is 2.18.